The van der Waals surface area contributed by atoms with Crippen LogP contribution < -0.4 is 11.5 Å². The Hall–Kier alpha value is -0.220. The number of hydrogen-bond acceptors (Lipinski definition) is 4. The van der Waals surface area contributed by atoms with Crippen LogP contribution in [0, 0.1) is 0 Å². The van der Waals surface area contributed by atoms with Crippen LogP contribution in [0.4, 0.5) is 10.0 Å². The van der Waals surface area contributed by atoms with Gasteiger partial charge in [0.2, 0.25) is 0 Å². The maximum Gasteiger partial charge on any atom is 0.131 e. The summed E-state index contributed by atoms with van der Waals surface area (Å²) in [5.74, 6) is 0. The second kappa shape index (κ2) is 1.13. The van der Waals surface area contributed by atoms with Crippen molar-refractivity contribution in [3.63, 3.8) is 0 Å². The number of anilines is 2. The lowest BCUT2D eigenvalue weighted by Gasteiger charge is -1.95. The van der Waals surface area contributed by atoms with E-state index in [-0.39, 0.29) is 0 Å². The van der Waals surface area contributed by atoms with E-state index in [1.165, 1.54) is 20.7 Å². The summed E-state index contributed by atoms with van der Waals surface area (Å²) in [7, 11) is 3.03. The van der Waals surface area contributed by atoms with Crippen molar-refractivity contribution in [1.29, 1.82) is 0 Å². The predicted molar refractivity (Wildman–Crippen MR) is 31.0 cm³/mol. The van der Waals surface area contributed by atoms with E-state index in [1.807, 2.05) is 0 Å². The van der Waals surface area contributed by atoms with E-state index in [2.05, 4.69) is 0 Å². The number of hydrogen-bond donors (Lipinski definition) is 2. The average Bonchev–Trinajstić information content (AvgIpc) is 1.61. The Morgan fingerprint density at radius 3 is 1.33 bits per heavy atom. The number of nitrogen functional groups attached to an aromatic ring is 2. The first-order valence-electron chi connectivity index (χ1n) is 1.40. The molecule has 6 heavy (non-hydrogen) atoms. The van der Waals surface area contributed by atoms with Gasteiger partial charge in [0.15, 0.2) is 0 Å². The standard InChI is InChI=1S/C2H4N2S2/c3-1-2(4)6-5-1/h3-4H2. The Labute approximate surface area is 42.8 Å². The van der Waals surface area contributed by atoms with Crippen LogP contribution in [-0.2, 0) is 0 Å². The summed E-state index contributed by atoms with van der Waals surface area (Å²) in [6.45, 7) is 0. The summed E-state index contributed by atoms with van der Waals surface area (Å²) in [5, 5.41) is 1.53. The molecule has 0 atom stereocenters. The summed E-state index contributed by atoms with van der Waals surface area (Å²) >= 11 is 0. The highest BCUT2D eigenvalue weighted by molar-refractivity contribution is 7.76. The molecule has 0 saturated heterocycles. The monoisotopic (exact) mass is 120 g/mol. The lowest BCUT2D eigenvalue weighted by atomic mass is 10.8. The first-order valence-corrected chi connectivity index (χ1v) is 3.55. The lowest BCUT2D eigenvalue weighted by Crippen LogP contribution is -1.90. The van der Waals surface area contributed by atoms with Gasteiger partial charge in [-0.05, 0) is 0 Å². The smallest absolute Gasteiger partial charge is 0.131 e. The predicted octanol–water partition coefficient (Wildman–Crippen LogP) is 0.974. The lowest BCUT2D eigenvalue weighted by molar-refractivity contribution is 1.95. The van der Waals surface area contributed by atoms with Crippen LogP contribution in [0.5, 0.6) is 0 Å². The maximum absolute atomic E-state index is 5.22. The molecule has 1 heterocycles. The normalized spacial score (nSPS) is 9.33. The molecule has 1 rings (SSSR count). The molecule has 1 aromatic rings. The van der Waals surface area contributed by atoms with Gasteiger partial charge in [-0.25, -0.2) is 0 Å². The summed E-state index contributed by atoms with van der Waals surface area (Å²) in [4.78, 5) is 0. The van der Waals surface area contributed by atoms with Crippen molar-refractivity contribution < 1.29 is 0 Å². The molecule has 1 aromatic heterocycles. The van der Waals surface area contributed by atoms with Crippen LogP contribution in [0.3, 0.4) is 0 Å². The molecule has 0 radical (unpaired) electrons. The fourth-order valence-corrected chi connectivity index (χ4v) is 1.24. The third-order valence-corrected chi connectivity index (χ3v) is 2.80. The molecule has 0 fully saturated rings. The van der Waals surface area contributed by atoms with Crippen LogP contribution in [0.1, 0.15) is 0 Å². The van der Waals surface area contributed by atoms with E-state index in [0.29, 0.717) is 0 Å². The minimum absolute atomic E-state index is 0.764. The Balaban J connectivity index is 2.87. The van der Waals surface area contributed by atoms with Gasteiger partial charge in [-0.2, -0.15) is 0 Å². The highest BCUT2D eigenvalue weighted by atomic mass is 32.9. The third kappa shape index (κ3) is 0.379. The summed E-state index contributed by atoms with van der Waals surface area (Å²) < 4.78 is 0. The summed E-state index contributed by atoms with van der Waals surface area (Å²) in [5.41, 5.74) is 10.4. The molecule has 0 bridgehead atoms. The van der Waals surface area contributed by atoms with Gasteiger partial charge in [-0.3, -0.25) is 0 Å². The molecule has 2 nitrogen and oxygen atoms in total. The molecule has 0 unspecified atom stereocenters. The Kier molecular flexibility index (Phi) is 0.743. The largest absolute Gasteiger partial charge is 0.388 e. The zero-order valence-corrected chi connectivity index (χ0v) is 4.60. The van der Waals surface area contributed by atoms with Crippen LogP contribution in [0.2, 0.25) is 0 Å². The first-order chi connectivity index (χ1) is 2.80. The van der Waals surface area contributed by atoms with E-state index in [0.717, 1.165) is 10.0 Å². The molecule has 4 heteroatoms. The minimum atomic E-state index is 0.764. The molecule has 0 aliphatic carbocycles. The fourth-order valence-electron chi connectivity index (χ4n) is 0.138. The fraction of sp³-hybridized carbons (Fsp3) is 0. The molecule has 0 spiro atoms. The second-order valence-corrected chi connectivity index (χ2v) is 3.11. The van der Waals surface area contributed by atoms with Gasteiger partial charge in [-0.1, -0.05) is 20.7 Å². The van der Waals surface area contributed by atoms with Gasteiger partial charge in [0.05, 0.1) is 0 Å². The van der Waals surface area contributed by atoms with E-state index in [9.17, 15) is 0 Å². The van der Waals surface area contributed by atoms with Crippen LogP contribution in [0.25, 0.3) is 0 Å². The number of nitrogens with two attached hydrogens (primary N) is 2. The van der Waals surface area contributed by atoms with Crippen molar-refractivity contribution in [2.45, 2.75) is 0 Å². The zero-order chi connectivity index (χ0) is 4.57. The molecule has 34 valence electrons. The molecular weight excluding hydrogens is 116 g/mol. The second-order valence-electron chi connectivity index (χ2n) is 0.895. The Morgan fingerprint density at radius 1 is 1.00 bits per heavy atom. The van der Waals surface area contributed by atoms with Crippen molar-refractivity contribution in [2.24, 2.45) is 0 Å². The van der Waals surface area contributed by atoms with Crippen LogP contribution >= 0.6 is 20.7 Å². The molecule has 0 aliphatic heterocycles. The summed E-state index contributed by atoms with van der Waals surface area (Å²) in [6.07, 6.45) is 0. The van der Waals surface area contributed by atoms with Gasteiger partial charge in [-0.15, -0.1) is 0 Å². The first kappa shape index (κ1) is 3.95. The van der Waals surface area contributed by atoms with E-state index in [1.54, 1.807) is 0 Å². The van der Waals surface area contributed by atoms with Crippen molar-refractivity contribution >= 4 is 30.7 Å². The quantitative estimate of drug-likeness (QED) is 0.501. The third-order valence-electron chi connectivity index (χ3n) is 0.464. The molecule has 0 saturated carbocycles. The van der Waals surface area contributed by atoms with Gasteiger partial charge < -0.3 is 11.5 Å². The zero-order valence-electron chi connectivity index (χ0n) is 2.97. The molecule has 0 aliphatic rings. The van der Waals surface area contributed by atoms with E-state index in [4.69, 9.17) is 11.5 Å². The molecule has 0 aromatic carbocycles. The van der Waals surface area contributed by atoms with Gasteiger partial charge in [0.1, 0.15) is 10.0 Å². The van der Waals surface area contributed by atoms with E-state index >= 15 is 0 Å². The SMILES string of the molecule is Nc1ssc1N. The van der Waals surface area contributed by atoms with Crippen molar-refractivity contribution in [3.05, 3.63) is 0 Å². The maximum atomic E-state index is 5.22. The minimum Gasteiger partial charge on any atom is -0.388 e. The van der Waals surface area contributed by atoms with Crippen molar-refractivity contribution in [2.75, 3.05) is 11.5 Å². The van der Waals surface area contributed by atoms with Crippen molar-refractivity contribution in [1.82, 2.24) is 0 Å². The Bertz CT molecular complexity index is 115. The highest BCUT2D eigenvalue weighted by Crippen LogP contribution is 2.33. The van der Waals surface area contributed by atoms with Crippen molar-refractivity contribution in [3.8, 4) is 0 Å². The van der Waals surface area contributed by atoms with Gasteiger partial charge in [0, 0.05) is 0 Å². The number of rotatable bonds is 0. The van der Waals surface area contributed by atoms with Crippen LogP contribution in [0.15, 0.2) is 0 Å². The summed E-state index contributed by atoms with van der Waals surface area (Å²) in [6, 6.07) is 0. The van der Waals surface area contributed by atoms with Gasteiger partial charge in [0.25, 0.3) is 0 Å². The Morgan fingerprint density at radius 2 is 1.33 bits per heavy atom. The average molecular weight is 120 g/mol. The van der Waals surface area contributed by atoms with Gasteiger partial charge >= 0.3 is 0 Å². The highest BCUT2D eigenvalue weighted by Gasteiger charge is 1.94. The van der Waals surface area contributed by atoms with Crippen LogP contribution in [-0.4, -0.2) is 0 Å². The molecule has 0 amide bonds. The molecular formula is C2H4N2S2. The topological polar surface area (TPSA) is 52.0 Å². The molecule has 4 N–H and O–H groups in total. The van der Waals surface area contributed by atoms with E-state index < -0.39 is 0 Å².